The Kier molecular flexibility index (Phi) is 9.46. The Hall–Kier alpha value is -2.28. The highest BCUT2D eigenvalue weighted by Crippen LogP contribution is 2.19. The highest BCUT2D eigenvalue weighted by Gasteiger charge is 2.26. The average molecular weight is 430 g/mol. The zero-order chi connectivity index (χ0) is 21.9. The van der Waals surface area contributed by atoms with Gasteiger partial charge in [0.05, 0.1) is 13.0 Å². The van der Waals surface area contributed by atoms with Gasteiger partial charge in [0.25, 0.3) is 0 Å². The topological polar surface area (TPSA) is 60.4 Å². The van der Waals surface area contributed by atoms with E-state index in [1.165, 1.54) is 19.2 Å². The number of rotatable bonds is 8. The number of aliphatic imine (C=N–C) groups is 1. The number of esters is 1. The number of hydrogen-bond acceptors (Lipinski definition) is 5. The molecule has 172 valence electrons. The van der Waals surface area contributed by atoms with Crippen molar-refractivity contribution < 1.29 is 9.53 Å². The number of nitrogens with one attached hydrogen (secondary N) is 1. The lowest BCUT2D eigenvalue weighted by Gasteiger charge is -2.36. The first-order valence-corrected chi connectivity index (χ1v) is 11.8. The van der Waals surface area contributed by atoms with Crippen molar-refractivity contribution in [3.8, 4) is 0 Å². The molecule has 1 aromatic rings. The maximum absolute atomic E-state index is 11.7. The van der Waals surface area contributed by atoms with Crippen molar-refractivity contribution in [1.29, 1.82) is 0 Å². The number of guanidine groups is 1. The van der Waals surface area contributed by atoms with E-state index in [-0.39, 0.29) is 11.9 Å². The molecule has 0 saturated carbocycles. The molecular weight excluding hydrogens is 390 g/mol. The first-order valence-electron chi connectivity index (χ1n) is 11.8. The average Bonchev–Trinajstić information content (AvgIpc) is 2.84. The highest BCUT2D eigenvalue weighted by atomic mass is 16.5. The van der Waals surface area contributed by atoms with Crippen LogP contribution < -0.4 is 10.2 Å². The Morgan fingerprint density at radius 2 is 1.77 bits per heavy atom. The van der Waals surface area contributed by atoms with Gasteiger partial charge in [-0.2, -0.15) is 0 Å². The second kappa shape index (κ2) is 12.5. The number of carbonyl (C=O) groups excluding carboxylic acids is 1. The molecule has 3 rings (SSSR count). The molecule has 0 atom stereocenters. The molecule has 0 bridgehead atoms. The molecule has 2 heterocycles. The number of anilines is 1. The number of ether oxygens (including phenoxy) is 1. The second-order valence-electron chi connectivity index (χ2n) is 8.39. The minimum absolute atomic E-state index is 0.0338. The van der Waals surface area contributed by atoms with E-state index in [0.717, 1.165) is 84.1 Å². The molecule has 0 spiro atoms. The van der Waals surface area contributed by atoms with E-state index in [1.807, 2.05) is 0 Å². The van der Waals surface area contributed by atoms with E-state index in [2.05, 4.69) is 57.3 Å². The number of benzene rings is 1. The van der Waals surface area contributed by atoms with Crippen molar-refractivity contribution in [3.63, 3.8) is 0 Å². The van der Waals surface area contributed by atoms with Crippen LogP contribution in [0.3, 0.4) is 0 Å². The Bertz CT molecular complexity index is 680. The lowest BCUT2D eigenvalue weighted by Crippen LogP contribution is -2.47. The maximum atomic E-state index is 11.7. The van der Waals surface area contributed by atoms with Gasteiger partial charge >= 0.3 is 5.97 Å². The molecule has 31 heavy (non-hydrogen) atoms. The molecule has 2 aliphatic heterocycles. The van der Waals surface area contributed by atoms with Crippen LogP contribution in [0, 0.1) is 5.92 Å². The second-order valence-corrected chi connectivity index (χ2v) is 8.39. The summed E-state index contributed by atoms with van der Waals surface area (Å²) in [5.41, 5.74) is 1.34. The molecule has 0 radical (unpaired) electrons. The van der Waals surface area contributed by atoms with E-state index in [0.29, 0.717) is 0 Å². The zero-order valence-electron chi connectivity index (χ0n) is 19.3. The fraction of sp³-hybridized carbons (Fsp3) is 0.667. The van der Waals surface area contributed by atoms with Crippen LogP contribution in [0.5, 0.6) is 0 Å². The number of likely N-dealkylation sites (tertiary alicyclic amines) is 1. The van der Waals surface area contributed by atoms with Gasteiger partial charge in [0.1, 0.15) is 0 Å². The maximum Gasteiger partial charge on any atom is 0.308 e. The predicted molar refractivity (Wildman–Crippen MR) is 127 cm³/mol. The van der Waals surface area contributed by atoms with Gasteiger partial charge in [-0.05, 0) is 51.3 Å². The number of piperidine rings is 1. The first kappa shape index (κ1) is 23.4. The summed E-state index contributed by atoms with van der Waals surface area (Å²) in [4.78, 5) is 23.9. The van der Waals surface area contributed by atoms with Crippen molar-refractivity contribution in [3.05, 3.63) is 30.3 Å². The SMILES string of the molecule is CCNC(=NCCCCN1CCN(c2ccccc2)CC1)N1CCC(C(=O)OC)CC1. The van der Waals surface area contributed by atoms with Crippen molar-refractivity contribution in [2.24, 2.45) is 10.9 Å². The predicted octanol–water partition coefficient (Wildman–Crippen LogP) is 2.44. The highest BCUT2D eigenvalue weighted by molar-refractivity contribution is 5.80. The number of carbonyl (C=O) groups is 1. The molecule has 0 aliphatic carbocycles. The number of piperazine rings is 1. The normalized spacial score (nSPS) is 18.8. The van der Waals surface area contributed by atoms with Gasteiger partial charge in [0, 0.05) is 58.0 Å². The summed E-state index contributed by atoms with van der Waals surface area (Å²) in [6, 6.07) is 10.7. The molecular formula is C24H39N5O2. The zero-order valence-corrected chi connectivity index (χ0v) is 19.3. The van der Waals surface area contributed by atoms with E-state index >= 15 is 0 Å². The minimum atomic E-state index is -0.0776. The quantitative estimate of drug-likeness (QED) is 0.296. The van der Waals surface area contributed by atoms with Crippen LogP contribution in [0.4, 0.5) is 5.69 Å². The van der Waals surface area contributed by atoms with Crippen molar-refractivity contribution in [2.45, 2.75) is 32.6 Å². The Morgan fingerprint density at radius 3 is 2.42 bits per heavy atom. The standard InChI is InChI=1S/C24H39N5O2/c1-3-25-24(29-15-11-21(12-16-29)23(30)31-2)26-13-7-8-14-27-17-19-28(20-18-27)22-9-5-4-6-10-22/h4-6,9-10,21H,3,7-8,11-20H2,1-2H3,(H,25,26). The van der Waals surface area contributed by atoms with Crippen LogP contribution in [0.25, 0.3) is 0 Å². The monoisotopic (exact) mass is 429 g/mol. The van der Waals surface area contributed by atoms with E-state index in [4.69, 9.17) is 9.73 Å². The van der Waals surface area contributed by atoms with Gasteiger partial charge in [0.15, 0.2) is 5.96 Å². The summed E-state index contributed by atoms with van der Waals surface area (Å²) >= 11 is 0. The minimum Gasteiger partial charge on any atom is -0.469 e. The van der Waals surface area contributed by atoms with E-state index in [9.17, 15) is 4.79 Å². The molecule has 7 heteroatoms. The fourth-order valence-corrected chi connectivity index (χ4v) is 4.42. The molecule has 2 aliphatic rings. The summed E-state index contributed by atoms with van der Waals surface area (Å²) in [5.74, 6) is 0.944. The molecule has 0 amide bonds. The summed E-state index contributed by atoms with van der Waals surface area (Å²) in [6.07, 6.45) is 3.96. The third-order valence-electron chi connectivity index (χ3n) is 6.30. The van der Waals surface area contributed by atoms with Gasteiger partial charge in [-0.3, -0.25) is 14.7 Å². The van der Waals surface area contributed by atoms with Crippen LogP contribution in [-0.4, -0.2) is 87.7 Å². The van der Waals surface area contributed by atoms with Crippen molar-refractivity contribution >= 4 is 17.6 Å². The van der Waals surface area contributed by atoms with E-state index < -0.39 is 0 Å². The molecule has 2 fully saturated rings. The molecule has 0 unspecified atom stereocenters. The molecule has 1 aromatic carbocycles. The lowest BCUT2D eigenvalue weighted by atomic mass is 9.97. The van der Waals surface area contributed by atoms with Crippen LogP contribution in [-0.2, 0) is 9.53 Å². The third-order valence-corrected chi connectivity index (χ3v) is 6.30. The van der Waals surface area contributed by atoms with Gasteiger partial charge in [0.2, 0.25) is 0 Å². The van der Waals surface area contributed by atoms with Crippen LogP contribution in [0.1, 0.15) is 32.6 Å². The van der Waals surface area contributed by atoms with Gasteiger partial charge < -0.3 is 19.9 Å². The molecule has 0 aromatic heterocycles. The first-order chi connectivity index (χ1) is 15.2. The van der Waals surface area contributed by atoms with Crippen molar-refractivity contribution in [2.75, 3.05) is 70.9 Å². The Balaban J connectivity index is 1.34. The molecule has 7 nitrogen and oxygen atoms in total. The van der Waals surface area contributed by atoms with Gasteiger partial charge in [-0.1, -0.05) is 18.2 Å². The summed E-state index contributed by atoms with van der Waals surface area (Å²) in [6.45, 7) is 11.2. The summed E-state index contributed by atoms with van der Waals surface area (Å²) < 4.78 is 4.89. The Morgan fingerprint density at radius 1 is 1.06 bits per heavy atom. The smallest absolute Gasteiger partial charge is 0.308 e. The lowest BCUT2D eigenvalue weighted by molar-refractivity contribution is -0.146. The van der Waals surface area contributed by atoms with E-state index in [1.54, 1.807) is 0 Å². The number of methoxy groups -OCH3 is 1. The van der Waals surface area contributed by atoms with Gasteiger partial charge in [-0.15, -0.1) is 0 Å². The summed E-state index contributed by atoms with van der Waals surface area (Å²) in [7, 11) is 1.48. The third kappa shape index (κ3) is 7.13. The summed E-state index contributed by atoms with van der Waals surface area (Å²) in [5, 5.41) is 3.41. The molecule has 1 N–H and O–H groups in total. The van der Waals surface area contributed by atoms with Crippen LogP contribution in [0.15, 0.2) is 35.3 Å². The number of nitrogens with zero attached hydrogens (tertiary/aromatic N) is 4. The van der Waals surface area contributed by atoms with Crippen LogP contribution >= 0.6 is 0 Å². The van der Waals surface area contributed by atoms with Gasteiger partial charge in [-0.25, -0.2) is 0 Å². The number of hydrogen-bond donors (Lipinski definition) is 1. The largest absolute Gasteiger partial charge is 0.469 e. The number of para-hydroxylation sites is 1. The fourth-order valence-electron chi connectivity index (χ4n) is 4.42. The number of unbranched alkanes of at least 4 members (excludes halogenated alkanes) is 1. The van der Waals surface area contributed by atoms with Crippen molar-refractivity contribution in [1.82, 2.24) is 15.1 Å². The van der Waals surface area contributed by atoms with Crippen LogP contribution in [0.2, 0.25) is 0 Å². The Labute approximate surface area is 187 Å². The molecule has 2 saturated heterocycles.